The van der Waals surface area contributed by atoms with E-state index in [1.807, 2.05) is 6.92 Å². The molecule has 0 bridgehead atoms. The predicted molar refractivity (Wildman–Crippen MR) is 102 cm³/mol. The van der Waals surface area contributed by atoms with Crippen molar-refractivity contribution in [2.24, 2.45) is 0 Å². The summed E-state index contributed by atoms with van der Waals surface area (Å²) in [4.78, 5) is 0.0293. The molecule has 0 radical (unpaired) electrons. The largest absolute Gasteiger partial charge is 0.297 e. The Balaban J connectivity index is 2.20. The van der Waals surface area contributed by atoms with Crippen molar-refractivity contribution in [3.63, 3.8) is 0 Å². The molecule has 6 nitrogen and oxygen atoms in total. The van der Waals surface area contributed by atoms with Gasteiger partial charge in [0.2, 0.25) is 0 Å². The monoisotopic (exact) mass is 412 g/mol. The van der Waals surface area contributed by atoms with Gasteiger partial charge in [-0.15, -0.1) is 0 Å². The van der Waals surface area contributed by atoms with Crippen LogP contribution in [0, 0.1) is 0 Å². The quantitative estimate of drug-likeness (QED) is 0.553. The Kier molecular flexibility index (Phi) is 7.55. The highest BCUT2D eigenvalue weighted by molar-refractivity contribution is 7.87. The summed E-state index contributed by atoms with van der Waals surface area (Å²) >= 11 is 0. The fourth-order valence-corrected chi connectivity index (χ4v) is 4.78. The van der Waals surface area contributed by atoms with Crippen molar-refractivity contribution in [2.45, 2.75) is 55.1 Å². The molecule has 2 aromatic rings. The Morgan fingerprint density at radius 3 is 1.67 bits per heavy atom. The first-order valence-corrected chi connectivity index (χ1v) is 11.5. The van der Waals surface area contributed by atoms with Crippen LogP contribution in [-0.2, 0) is 28.6 Å². The average Bonchev–Trinajstić information content (AvgIpc) is 2.66. The van der Waals surface area contributed by atoms with Gasteiger partial charge in [0.15, 0.2) is 0 Å². The first-order chi connectivity index (χ1) is 12.8. The highest BCUT2D eigenvalue weighted by Gasteiger charge is 2.30. The van der Waals surface area contributed by atoms with Gasteiger partial charge in [-0.3, -0.25) is 8.37 Å². The third-order valence-corrected chi connectivity index (χ3v) is 6.71. The molecule has 0 N–H and O–H groups in total. The highest BCUT2D eigenvalue weighted by atomic mass is 32.2. The Morgan fingerprint density at radius 2 is 1.22 bits per heavy atom. The molecule has 0 amide bonds. The first kappa shape index (κ1) is 21.6. The van der Waals surface area contributed by atoms with E-state index in [0.717, 1.165) is 6.42 Å². The molecule has 0 spiro atoms. The number of hydrogen-bond acceptors (Lipinski definition) is 6. The van der Waals surface area contributed by atoms with Gasteiger partial charge in [-0.05, 0) is 37.6 Å². The standard InChI is InChI=1S/C19H24O6S2/c1-3-4-15-19(25-27(22,23)18-13-9-6-10-14-18)16(2)24-26(20,21)17-11-7-5-8-12-17/h5-14,16,19H,3-4,15H2,1-2H3. The van der Waals surface area contributed by atoms with Crippen molar-refractivity contribution in [3.05, 3.63) is 60.7 Å². The fourth-order valence-electron chi connectivity index (χ4n) is 2.48. The SMILES string of the molecule is CCCCC(OS(=O)(=O)c1ccccc1)C(C)OS(=O)(=O)c1ccccc1. The summed E-state index contributed by atoms with van der Waals surface area (Å²) < 4.78 is 60.5. The third kappa shape index (κ3) is 6.14. The van der Waals surface area contributed by atoms with Gasteiger partial charge in [-0.25, -0.2) is 0 Å². The number of hydrogen-bond donors (Lipinski definition) is 0. The van der Waals surface area contributed by atoms with Gasteiger partial charge in [-0.2, -0.15) is 16.8 Å². The van der Waals surface area contributed by atoms with E-state index in [-0.39, 0.29) is 9.79 Å². The van der Waals surface area contributed by atoms with Gasteiger partial charge in [0.25, 0.3) is 20.2 Å². The summed E-state index contributed by atoms with van der Waals surface area (Å²) in [6, 6.07) is 15.5. The minimum Gasteiger partial charge on any atom is -0.261 e. The van der Waals surface area contributed by atoms with Gasteiger partial charge < -0.3 is 0 Å². The van der Waals surface area contributed by atoms with Crippen LogP contribution in [-0.4, -0.2) is 29.0 Å². The van der Waals surface area contributed by atoms with Crippen LogP contribution in [0.5, 0.6) is 0 Å². The molecule has 0 fully saturated rings. The Hall–Kier alpha value is -1.74. The zero-order chi connectivity index (χ0) is 19.9. The van der Waals surface area contributed by atoms with Crippen molar-refractivity contribution in [1.82, 2.24) is 0 Å². The fraction of sp³-hybridized carbons (Fsp3) is 0.368. The topological polar surface area (TPSA) is 86.7 Å². The van der Waals surface area contributed by atoms with Gasteiger partial charge in [0.05, 0.1) is 9.79 Å². The van der Waals surface area contributed by atoms with E-state index in [1.54, 1.807) is 36.4 Å². The molecule has 27 heavy (non-hydrogen) atoms. The van der Waals surface area contributed by atoms with Crippen LogP contribution in [0.15, 0.2) is 70.5 Å². The van der Waals surface area contributed by atoms with Crippen LogP contribution in [0.4, 0.5) is 0 Å². The molecule has 2 unspecified atom stereocenters. The highest BCUT2D eigenvalue weighted by Crippen LogP contribution is 2.23. The van der Waals surface area contributed by atoms with Crippen molar-refractivity contribution in [3.8, 4) is 0 Å². The molecule has 0 saturated carbocycles. The van der Waals surface area contributed by atoms with Gasteiger partial charge in [0, 0.05) is 0 Å². The van der Waals surface area contributed by atoms with E-state index >= 15 is 0 Å². The van der Waals surface area contributed by atoms with Crippen molar-refractivity contribution < 1.29 is 25.2 Å². The minimum atomic E-state index is -4.03. The van der Waals surface area contributed by atoms with E-state index in [9.17, 15) is 16.8 Å². The summed E-state index contributed by atoms with van der Waals surface area (Å²) in [6.07, 6.45) is -0.0558. The smallest absolute Gasteiger partial charge is 0.261 e. The van der Waals surface area contributed by atoms with Crippen molar-refractivity contribution in [1.29, 1.82) is 0 Å². The molecule has 0 aliphatic rings. The van der Waals surface area contributed by atoms with Gasteiger partial charge in [0.1, 0.15) is 12.2 Å². The molecule has 0 aliphatic heterocycles. The Bertz CT molecular complexity index is 909. The van der Waals surface area contributed by atoms with Crippen LogP contribution >= 0.6 is 0 Å². The molecule has 8 heteroatoms. The maximum Gasteiger partial charge on any atom is 0.297 e. The second kappa shape index (κ2) is 9.45. The molecule has 2 atom stereocenters. The summed E-state index contributed by atoms with van der Waals surface area (Å²) in [6.45, 7) is 3.45. The summed E-state index contributed by atoms with van der Waals surface area (Å²) in [5.74, 6) is 0. The lowest BCUT2D eigenvalue weighted by molar-refractivity contribution is 0.0670. The number of unbranched alkanes of at least 4 members (excludes halogenated alkanes) is 1. The maximum absolute atomic E-state index is 12.5. The predicted octanol–water partition coefficient (Wildman–Crippen LogP) is 3.74. The lowest BCUT2D eigenvalue weighted by atomic mass is 10.1. The molecule has 0 aliphatic carbocycles. The average molecular weight is 413 g/mol. The van der Waals surface area contributed by atoms with Gasteiger partial charge in [-0.1, -0.05) is 56.2 Å². The molecule has 148 valence electrons. The van der Waals surface area contributed by atoms with Crippen molar-refractivity contribution >= 4 is 20.2 Å². The molecule has 0 aromatic heterocycles. The number of benzene rings is 2. The third-order valence-electron chi connectivity index (χ3n) is 3.96. The van der Waals surface area contributed by atoms with E-state index in [1.165, 1.54) is 31.2 Å². The van der Waals surface area contributed by atoms with E-state index in [0.29, 0.717) is 12.8 Å². The molecule has 0 saturated heterocycles. The maximum atomic E-state index is 12.5. The van der Waals surface area contributed by atoms with E-state index < -0.39 is 32.4 Å². The van der Waals surface area contributed by atoms with Crippen LogP contribution < -0.4 is 0 Å². The summed E-state index contributed by atoms with van der Waals surface area (Å²) in [5.41, 5.74) is 0. The summed E-state index contributed by atoms with van der Waals surface area (Å²) in [5, 5.41) is 0. The van der Waals surface area contributed by atoms with Crippen LogP contribution in [0.3, 0.4) is 0 Å². The van der Waals surface area contributed by atoms with Crippen LogP contribution in [0.1, 0.15) is 33.1 Å². The zero-order valence-electron chi connectivity index (χ0n) is 15.3. The number of rotatable bonds is 10. The first-order valence-electron chi connectivity index (χ1n) is 8.73. The molecular formula is C19H24O6S2. The Labute approximate surface area is 161 Å². The van der Waals surface area contributed by atoms with Crippen LogP contribution in [0.25, 0.3) is 0 Å². The van der Waals surface area contributed by atoms with E-state index in [4.69, 9.17) is 8.37 Å². The normalized spacial score (nSPS) is 14.6. The van der Waals surface area contributed by atoms with Crippen LogP contribution in [0.2, 0.25) is 0 Å². The zero-order valence-corrected chi connectivity index (χ0v) is 16.9. The minimum absolute atomic E-state index is 0.0111. The second-order valence-electron chi connectivity index (χ2n) is 6.11. The lowest BCUT2D eigenvalue weighted by Crippen LogP contribution is -2.33. The second-order valence-corrected chi connectivity index (χ2v) is 9.26. The molecule has 0 heterocycles. The molecule has 2 rings (SSSR count). The molecular weight excluding hydrogens is 388 g/mol. The summed E-state index contributed by atoms with van der Waals surface area (Å²) in [7, 11) is -8.05. The van der Waals surface area contributed by atoms with Crippen molar-refractivity contribution in [2.75, 3.05) is 0 Å². The molecule has 2 aromatic carbocycles. The lowest BCUT2D eigenvalue weighted by Gasteiger charge is -2.23. The van der Waals surface area contributed by atoms with Gasteiger partial charge >= 0.3 is 0 Å². The Morgan fingerprint density at radius 1 is 0.778 bits per heavy atom. The van der Waals surface area contributed by atoms with E-state index in [2.05, 4.69) is 0 Å².